The van der Waals surface area contributed by atoms with Gasteiger partial charge < -0.3 is 5.32 Å². The Balaban J connectivity index is 2.11. The third kappa shape index (κ3) is 4.01. The number of rotatable bonds is 5. The minimum atomic E-state index is -0.112. The van der Waals surface area contributed by atoms with Crippen LogP contribution < -0.4 is 9.88 Å². The lowest BCUT2D eigenvalue weighted by Gasteiger charge is -2.12. The van der Waals surface area contributed by atoms with Crippen molar-refractivity contribution in [1.82, 2.24) is 0 Å². The van der Waals surface area contributed by atoms with Crippen molar-refractivity contribution < 1.29 is 14.2 Å². The van der Waals surface area contributed by atoms with E-state index in [0.717, 1.165) is 11.3 Å². The third-order valence-corrected chi connectivity index (χ3v) is 3.45. The maximum Gasteiger partial charge on any atom is 0.290 e. The first kappa shape index (κ1) is 15.9. The average molecular weight is 297 g/mol. The SMILES string of the molecule is CC(=O)c1ccc[n+](CC(=O)Nc2ccccc2C(C)C)c1. The Morgan fingerprint density at radius 3 is 2.55 bits per heavy atom. The highest BCUT2D eigenvalue weighted by molar-refractivity contribution is 5.93. The molecule has 0 saturated carbocycles. The molecule has 22 heavy (non-hydrogen) atoms. The van der Waals surface area contributed by atoms with Crippen molar-refractivity contribution in [3.8, 4) is 0 Å². The summed E-state index contributed by atoms with van der Waals surface area (Å²) in [5.74, 6) is 0.212. The van der Waals surface area contributed by atoms with E-state index < -0.39 is 0 Å². The van der Waals surface area contributed by atoms with Crippen LogP contribution in [-0.2, 0) is 11.3 Å². The molecule has 0 spiro atoms. The molecular weight excluding hydrogens is 276 g/mol. The lowest BCUT2D eigenvalue weighted by Crippen LogP contribution is -2.40. The zero-order valence-electron chi connectivity index (χ0n) is 13.2. The van der Waals surface area contributed by atoms with Crippen molar-refractivity contribution in [2.24, 2.45) is 0 Å². The number of Topliss-reactive ketones (excluding diaryl/α,β-unsaturated/α-hetero) is 1. The quantitative estimate of drug-likeness (QED) is 0.681. The summed E-state index contributed by atoms with van der Waals surface area (Å²) in [5, 5.41) is 2.94. The maximum atomic E-state index is 12.2. The van der Waals surface area contributed by atoms with E-state index in [1.165, 1.54) is 6.92 Å². The summed E-state index contributed by atoms with van der Waals surface area (Å²) in [4.78, 5) is 23.6. The molecule has 0 aliphatic rings. The molecule has 0 radical (unpaired) electrons. The molecule has 1 aromatic carbocycles. The number of amides is 1. The Kier molecular flexibility index (Phi) is 5.04. The average Bonchev–Trinajstić information content (AvgIpc) is 2.47. The highest BCUT2D eigenvalue weighted by Crippen LogP contribution is 2.23. The summed E-state index contributed by atoms with van der Waals surface area (Å²) in [7, 11) is 0. The number of para-hydroxylation sites is 1. The monoisotopic (exact) mass is 297 g/mol. The van der Waals surface area contributed by atoms with E-state index in [4.69, 9.17) is 0 Å². The second-order valence-electron chi connectivity index (χ2n) is 5.61. The molecule has 0 aliphatic carbocycles. The van der Waals surface area contributed by atoms with Crippen LogP contribution >= 0.6 is 0 Å². The topological polar surface area (TPSA) is 50.0 Å². The molecule has 1 amide bonds. The van der Waals surface area contributed by atoms with E-state index in [1.807, 2.05) is 24.3 Å². The largest absolute Gasteiger partial charge is 0.320 e. The first-order chi connectivity index (χ1) is 10.5. The number of hydrogen-bond donors (Lipinski definition) is 1. The second-order valence-corrected chi connectivity index (χ2v) is 5.61. The van der Waals surface area contributed by atoms with Gasteiger partial charge in [-0.25, -0.2) is 0 Å². The molecule has 4 nitrogen and oxygen atoms in total. The molecule has 0 aliphatic heterocycles. The Bertz CT molecular complexity index is 693. The van der Waals surface area contributed by atoms with Gasteiger partial charge in [-0.15, -0.1) is 0 Å². The Morgan fingerprint density at radius 1 is 1.14 bits per heavy atom. The van der Waals surface area contributed by atoms with Gasteiger partial charge in [-0.3, -0.25) is 9.59 Å². The first-order valence-electron chi connectivity index (χ1n) is 7.36. The number of hydrogen-bond acceptors (Lipinski definition) is 2. The van der Waals surface area contributed by atoms with Crippen LogP contribution in [0, 0.1) is 0 Å². The number of pyridine rings is 1. The number of nitrogens with one attached hydrogen (secondary N) is 1. The summed E-state index contributed by atoms with van der Waals surface area (Å²) >= 11 is 0. The smallest absolute Gasteiger partial charge is 0.290 e. The molecule has 4 heteroatoms. The van der Waals surface area contributed by atoms with Crippen molar-refractivity contribution >= 4 is 17.4 Å². The van der Waals surface area contributed by atoms with Crippen LogP contribution in [0.3, 0.4) is 0 Å². The van der Waals surface area contributed by atoms with E-state index in [9.17, 15) is 9.59 Å². The van der Waals surface area contributed by atoms with Crippen molar-refractivity contribution in [2.75, 3.05) is 5.32 Å². The summed E-state index contributed by atoms with van der Waals surface area (Å²) in [6, 6.07) is 11.3. The fraction of sp³-hybridized carbons (Fsp3) is 0.278. The van der Waals surface area contributed by atoms with Gasteiger partial charge >= 0.3 is 0 Å². The zero-order chi connectivity index (χ0) is 16.1. The number of benzene rings is 1. The van der Waals surface area contributed by atoms with Gasteiger partial charge in [0.2, 0.25) is 6.54 Å². The van der Waals surface area contributed by atoms with Gasteiger partial charge in [0.1, 0.15) is 0 Å². The number of ketones is 1. The van der Waals surface area contributed by atoms with Crippen LogP contribution in [0.2, 0.25) is 0 Å². The highest BCUT2D eigenvalue weighted by atomic mass is 16.2. The van der Waals surface area contributed by atoms with E-state index in [1.54, 1.807) is 29.1 Å². The highest BCUT2D eigenvalue weighted by Gasteiger charge is 2.14. The number of aromatic nitrogens is 1. The van der Waals surface area contributed by atoms with Gasteiger partial charge in [0.15, 0.2) is 18.2 Å². The van der Waals surface area contributed by atoms with Gasteiger partial charge in [-0.2, -0.15) is 4.57 Å². The Morgan fingerprint density at radius 2 is 1.86 bits per heavy atom. The van der Waals surface area contributed by atoms with Gasteiger partial charge in [-0.1, -0.05) is 32.0 Å². The van der Waals surface area contributed by atoms with Crippen LogP contribution in [0.4, 0.5) is 5.69 Å². The molecule has 1 aromatic heterocycles. The third-order valence-electron chi connectivity index (χ3n) is 3.45. The molecule has 0 unspecified atom stereocenters. The van der Waals surface area contributed by atoms with E-state index in [2.05, 4.69) is 19.2 Å². The molecule has 1 N–H and O–H groups in total. The molecule has 114 valence electrons. The predicted molar refractivity (Wildman–Crippen MR) is 85.8 cm³/mol. The fourth-order valence-electron chi connectivity index (χ4n) is 2.30. The Hall–Kier alpha value is -2.49. The number of carbonyl (C=O) groups excluding carboxylic acids is 2. The fourth-order valence-corrected chi connectivity index (χ4v) is 2.30. The normalized spacial score (nSPS) is 10.5. The van der Waals surface area contributed by atoms with E-state index in [0.29, 0.717) is 11.5 Å². The van der Waals surface area contributed by atoms with Crippen molar-refractivity contribution in [1.29, 1.82) is 0 Å². The summed E-state index contributed by atoms with van der Waals surface area (Å²) < 4.78 is 1.71. The van der Waals surface area contributed by atoms with Crippen LogP contribution in [0.25, 0.3) is 0 Å². The van der Waals surface area contributed by atoms with E-state index in [-0.39, 0.29) is 18.2 Å². The lowest BCUT2D eigenvalue weighted by molar-refractivity contribution is -0.684. The van der Waals surface area contributed by atoms with Crippen LogP contribution in [0.1, 0.15) is 42.6 Å². The molecule has 2 aromatic rings. The minimum Gasteiger partial charge on any atom is -0.320 e. The number of nitrogens with zero attached hydrogens (tertiary/aromatic N) is 1. The number of anilines is 1. The maximum absolute atomic E-state index is 12.2. The standard InChI is InChI=1S/C18H20N2O2/c1-13(2)16-8-4-5-9-17(16)19-18(22)12-20-10-6-7-15(11-20)14(3)21/h4-11,13H,12H2,1-3H3/p+1. The van der Waals surface area contributed by atoms with Crippen molar-refractivity contribution in [3.05, 3.63) is 59.9 Å². The summed E-state index contributed by atoms with van der Waals surface area (Å²) in [6.45, 7) is 5.87. The zero-order valence-corrected chi connectivity index (χ0v) is 13.2. The lowest BCUT2D eigenvalue weighted by atomic mass is 10.0. The Labute approximate surface area is 130 Å². The van der Waals surface area contributed by atoms with Crippen LogP contribution in [-0.4, -0.2) is 11.7 Å². The van der Waals surface area contributed by atoms with Gasteiger partial charge in [0, 0.05) is 11.8 Å². The summed E-state index contributed by atoms with van der Waals surface area (Å²) in [5.41, 5.74) is 2.54. The first-order valence-corrected chi connectivity index (χ1v) is 7.36. The van der Waals surface area contributed by atoms with Gasteiger partial charge in [-0.05, 0) is 30.5 Å². The van der Waals surface area contributed by atoms with Crippen LogP contribution in [0.15, 0.2) is 48.8 Å². The molecule has 0 saturated heterocycles. The molecule has 2 rings (SSSR count). The molecule has 0 fully saturated rings. The summed E-state index contributed by atoms with van der Waals surface area (Å²) in [6.07, 6.45) is 3.47. The van der Waals surface area contributed by atoms with Gasteiger partial charge in [0.05, 0.1) is 5.56 Å². The van der Waals surface area contributed by atoms with Crippen molar-refractivity contribution in [3.63, 3.8) is 0 Å². The predicted octanol–water partition coefficient (Wildman–Crippen LogP) is 2.94. The molecular formula is C18H21N2O2+. The van der Waals surface area contributed by atoms with Gasteiger partial charge in [0.25, 0.3) is 5.91 Å². The second kappa shape index (κ2) is 6.98. The van der Waals surface area contributed by atoms with E-state index >= 15 is 0 Å². The van der Waals surface area contributed by atoms with Crippen molar-refractivity contribution in [2.45, 2.75) is 33.2 Å². The molecule has 1 heterocycles. The molecule has 0 atom stereocenters. The minimum absolute atomic E-state index is 0.0140. The van der Waals surface area contributed by atoms with Crippen LogP contribution in [0.5, 0.6) is 0 Å². The number of carbonyl (C=O) groups is 2. The molecule has 0 bridgehead atoms.